The van der Waals surface area contributed by atoms with Gasteiger partial charge in [-0.3, -0.25) is 0 Å². The Morgan fingerprint density at radius 3 is 2.88 bits per heavy atom. The molecule has 1 aliphatic heterocycles. The molecule has 0 aromatic heterocycles. The van der Waals surface area contributed by atoms with Crippen molar-refractivity contribution in [1.29, 1.82) is 0 Å². The minimum absolute atomic E-state index is 0.149. The second-order valence-corrected chi connectivity index (χ2v) is 6.45. The van der Waals surface area contributed by atoms with Crippen LogP contribution in [-0.2, 0) is 0 Å². The molecule has 2 nitrogen and oxygen atoms in total. The largest absolute Gasteiger partial charge is 0.370 e. The van der Waals surface area contributed by atoms with Gasteiger partial charge in [0.05, 0.1) is 5.02 Å². The highest BCUT2D eigenvalue weighted by Crippen LogP contribution is 2.28. The first-order valence-electron chi connectivity index (χ1n) is 5.93. The minimum Gasteiger partial charge on any atom is -0.370 e. The maximum atomic E-state index is 6.16. The Labute approximate surface area is 116 Å². The van der Waals surface area contributed by atoms with Crippen molar-refractivity contribution in [2.75, 3.05) is 24.5 Å². The summed E-state index contributed by atoms with van der Waals surface area (Å²) in [5.74, 6) is 0. The molecule has 1 saturated heterocycles. The molecule has 0 atom stereocenters. The van der Waals surface area contributed by atoms with Gasteiger partial charge in [0.15, 0.2) is 0 Å². The molecule has 1 aliphatic rings. The van der Waals surface area contributed by atoms with E-state index < -0.39 is 0 Å². The van der Waals surface area contributed by atoms with Crippen LogP contribution in [0.15, 0.2) is 22.7 Å². The lowest BCUT2D eigenvalue weighted by Crippen LogP contribution is -2.46. The number of nitrogens with zero attached hydrogens (tertiary/aromatic N) is 1. The summed E-state index contributed by atoms with van der Waals surface area (Å²) < 4.78 is 0.954. The van der Waals surface area contributed by atoms with Crippen LogP contribution in [0.4, 0.5) is 5.69 Å². The fourth-order valence-corrected chi connectivity index (χ4v) is 2.63. The van der Waals surface area contributed by atoms with Crippen molar-refractivity contribution in [3.8, 4) is 0 Å². The maximum absolute atomic E-state index is 6.16. The molecular formula is C13H18BrClN2. The summed E-state index contributed by atoms with van der Waals surface area (Å²) in [6.45, 7) is 7.64. The van der Waals surface area contributed by atoms with E-state index in [-0.39, 0.29) is 5.54 Å². The van der Waals surface area contributed by atoms with Gasteiger partial charge in [-0.05, 0) is 60.9 Å². The lowest BCUT2D eigenvalue weighted by molar-refractivity contribution is 0.416. The molecule has 0 aliphatic carbocycles. The highest BCUT2D eigenvalue weighted by molar-refractivity contribution is 9.10. The third-order valence-corrected chi connectivity index (χ3v) is 4.30. The third kappa shape index (κ3) is 3.36. The van der Waals surface area contributed by atoms with Gasteiger partial charge in [-0.25, -0.2) is 0 Å². The van der Waals surface area contributed by atoms with Crippen molar-refractivity contribution in [3.05, 3.63) is 27.7 Å². The van der Waals surface area contributed by atoms with Crippen LogP contribution in [0.25, 0.3) is 0 Å². The van der Waals surface area contributed by atoms with Gasteiger partial charge in [0.2, 0.25) is 0 Å². The Hall–Kier alpha value is -0.250. The van der Waals surface area contributed by atoms with E-state index in [9.17, 15) is 0 Å². The average Bonchev–Trinajstić information content (AvgIpc) is 2.43. The minimum atomic E-state index is 0.149. The fourth-order valence-electron chi connectivity index (χ4n) is 2.21. The maximum Gasteiger partial charge on any atom is 0.0568 e. The smallest absolute Gasteiger partial charge is 0.0568 e. The summed E-state index contributed by atoms with van der Waals surface area (Å²) in [7, 11) is 0. The Balaban J connectivity index is 2.22. The average molecular weight is 318 g/mol. The number of halogens is 2. The highest BCUT2D eigenvalue weighted by atomic mass is 79.9. The molecule has 0 unspecified atom stereocenters. The van der Waals surface area contributed by atoms with Crippen molar-refractivity contribution < 1.29 is 0 Å². The molecule has 0 spiro atoms. The van der Waals surface area contributed by atoms with E-state index in [1.807, 2.05) is 12.1 Å². The fraction of sp³-hybridized carbons (Fsp3) is 0.538. The molecule has 0 amide bonds. The van der Waals surface area contributed by atoms with E-state index >= 15 is 0 Å². The van der Waals surface area contributed by atoms with Crippen molar-refractivity contribution in [3.63, 3.8) is 0 Å². The van der Waals surface area contributed by atoms with Crippen LogP contribution in [0.3, 0.4) is 0 Å². The Bertz CT molecular complexity index is 406. The van der Waals surface area contributed by atoms with Crippen LogP contribution in [0.5, 0.6) is 0 Å². The van der Waals surface area contributed by atoms with Crippen LogP contribution >= 0.6 is 27.5 Å². The Morgan fingerprint density at radius 2 is 2.18 bits per heavy atom. The van der Waals surface area contributed by atoms with Gasteiger partial charge in [0.1, 0.15) is 0 Å². The summed E-state index contributed by atoms with van der Waals surface area (Å²) in [4.78, 5) is 2.40. The van der Waals surface area contributed by atoms with Crippen LogP contribution in [0.1, 0.15) is 20.3 Å². The van der Waals surface area contributed by atoms with Crippen molar-refractivity contribution in [2.45, 2.75) is 25.8 Å². The number of hydrogen-bond donors (Lipinski definition) is 1. The molecule has 2 rings (SSSR count). The van der Waals surface area contributed by atoms with Gasteiger partial charge in [0.25, 0.3) is 0 Å². The molecule has 1 N–H and O–H groups in total. The molecule has 1 aromatic rings. The van der Waals surface area contributed by atoms with Gasteiger partial charge >= 0.3 is 0 Å². The molecule has 4 heteroatoms. The van der Waals surface area contributed by atoms with E-state index in [4.69, 9.17) is 11.6 Å². The van der Waals surface area contributed by atoms with Crippen molar-refractivity contribution >= 4 is 33.2 Å². The molecule has 0 radical (unpaired) electrons. The SMILES string of the molecule is CC1(C)CN(c2ccc(Br)c(Cl)c2)CCCN1. The topological polar surface area (TPSA) is 15.3 Å². The van der Waals surface area contributed by atoms with Crippen molar-refractivity contribution in [1.82, 2.24) is 5.32 Å². The first-order chi connectivity index (χ1) is 7.98. The zero-order valence-electron chi connectivity index (χ0n) is 10.3. The zero-order valence-corrected chi connectivity index (χ0v) is 12.6. The molecule has 17 heavy (non-hydrogen) atoms. The molecule has 94 valence electrons. The summed E-state index contributed by atoms with van der Waals surface area (Å²) in [5.41, 5.74) is 1.35. The lowest BCUT2D eigenvalue weighted by atomic mass is 10.1. The van der Waals surface area contributed by atoms with E-state index in [1.165, 1.54) is 5.69 Å². The molecule has 0 saturated carbocycles. The van der Waals surface area contributed by atoms with Gasteiger partial charge in [-0.15, -0.1) is 0 Å². The first kappa shape index (κ1) is 13.2. The number of anilines is 1. The number of nitrogens with one attached hydrogen (secondary N) is 1. The third-order valence-electron chi connectivity index (χ3n) is 3.06. The quantitative estimate of drug-likeness (QED) is 0.850. The van der Waals surface area contributed by atoms with Gasteiger partial charge < -0.3 is 10.2 Å². The van der Waals surface area contributed by atoms with Gasteiger partial charge in [0, 0.05) is 28.8 Å². The predicted molar refractivity (Wildman–Crippen MR) is 78.1 cm³/mol. The predicted octanol–water partition coefficient (Wildman–Crippen LogP) is 3.68. The molecule has 1 aromatic carbocycles. The normalized spacial score (nSPS) is 20.1. The molecule has 1 heterocycles. The summed E-state index contributed by atoms with van der Waals surface area (Å²) in [5, 5.41) is 4.34. The lowest BCUT2D eigenvalue weighted by Gasteiger charge is -2.31. The van der Waals surface area contributed by atoms with Crippen LogP contribution < -0.4 is 10.2 Å². The Morgan fingerprint density at radius 1 is 1.41 bits per heavy atom. The van der Waals surface area contributed by atoms with Gasteiger partial charge in [-0.2, -0.15) is 0 Å². The van der Waals surface area contributed by atoms with E-state index in [0.29, 0.717) is 0 Å². The number of benzene rings is 1. The van der Waals surface area contributed by atoms with E-state index in [2.05, 4.69) is 46.1 Å². The second-order valence-electron chi connectivity index (χ2n) is 5.18. The summed E-state index contributed by atoms with van der Waals surface area (Å²) in [6.07, 6.45) is 1.16. The summed E-state index contributed by atoms with van der Waals surface area (Å²) in [6, 6.07) is 6.17. The van der Waals surface area contributed by atoms with E-state index in [1.54, 1.807) is 0 Å². The van der Waals surface area contributed by atoms with Crippen molar-refractivity contribution in [2.24, 2.45) is 0 Å². The van der Waals surface area contributed by atoms with Crippen LogP contribution in [0, 0.1) is 0 Å². The van der Waals surface area contributed by atoms with Gasteiger partial charge in [-0.1, -0.05) is 11.6 Å². The number of rotatable bonds is 1. The Kier molecular flexibility index (Phi) is 4.01. The molecular weight excluding hydrogens is 300 g/mol. The highest BCUT2D eigenvalue weighted by Gasteiger charge is 2.24. The van der Waals surface area contributed by atoms with E-state index in [0.717, 1.165) is 35.6 Å². The number of hydrogen-bond acceptors (Lipinski definition) is 2. The standard InChI is InChI=1S/C13H18BrClN2/c1-13(2)9-17(7-3-6-16-13)10-4-5-11(14)12(15)8-10/h4-5,8,16H,3,6-7,9H2,1-2H3. The second kappa shape index (κ2) is 5.17. The van der Waals surface area contributed by atoms with Crippen LogP contribution in [0.2, 0.25) is 5.02 Å². The zero-order chi connectivity index (χ0) is 12.5. The first-order valence-corrected chi connectivity index (χ1v) is 7.10. The molecule has 1 fully saturated rings. The monoisotopic (exact) mass is 316 g/mol. The van der Waals surface area contributed by atoms with Crippen LogP contribution in [-0.4, -0.2) is 25.2 Å². The molecule has 0 bridgehead atoms. The summed E-state index contributed by atoms with van der Waals surface area (Å²) >= 11 is 9.58.